The Morgan fingerprint density at radius 3 is 1.09 bits per heavy atom. The molecule has 4 amide bonds. The van der Waals surface area contributed by atoms with Crippen molar-refractivity contribution in [3.05, 3.63) is 246 Å². The largest absolute Gasteiger partial charge is 0.394 e. The summed E-state index contributed by atoms with van der Waals surface area (Å²) in [5.74, 6) is -2.91. The average molecular weight is 1960 g/mol. The summed E-state index contributed by atoms with van der Waals surface area (Å²) in [7, 11) is 1.38. The van der Waals surface area contributed by atoms with Crippen LogP contribution < -0.4 is 21.9 Å². The normalized spacial score (nSPS) is 11.7. The quantitative estimate of drug-likeness (QED) is 0.0168. The fraction of sp³-hybridized carbons (Fsp3) is 0.233. The number of aliphatic hydroxyl groups excluding tert-OH is 4. The number of aliphatic hydroxyl groups is 4. The predicted molar refractivity (Wildman–Crippen MR) is 432 cm³/mol. The van der Waals surface area contributed by atoms with Crippen LogP contribution in [0.25, 0.3) is 40.9 Å². The van der Waals surface area contributed by atoms with E-state index in [1.165, 1.54) is 76.7 Å². The van der Waals surface area contributed by atoms with Crippen LogP contribution in [0.2, 0.25) is 0 Å². The lowest BCUT2D eigenvalue weighted by atomic mass is 10.0. The van der Waals surface area contributed by atoms with Crippen molar-refractivity contribution in [2.75, 3.05) is 40.1 Å². The number of fused-ring (bicyclic) bond motifs is 4. The second-order valence-corrected chi connectivity index (χ2v) is 32.5. The Morgan fingerprint density at radius 2 is 0.762 bits per heavy atom. The smallest absolute Gasteiger partial charge is 0.276 e. The van der Waals surface area contributed by atoms with Gasteiger partial charge in [-0.1, -0.05) is 24.3 Å². The first-order valence-electron chi connectivity index (χ1n) is 31.7. The number of amides is 4. The van der Waals surface area contributed by atoms with Crippen LogP contribution in [0.5, 0.6) is 0 Å². The van der Waals surface area contributed by atoms with Crippen molar-refractivity contribution in [1.82, 2.24) is 41.9 Å². The molecular weight excluding hydrogens is 1890 g/mol. The number of halogens is 8. The first-order valence-corrected chi connectivity index (χ1v) is 39.3. The number of nitrogens with one attached hydrogen (secondary N) is 4. The molecule has 0 saturated heterocycles. The predicted octanol–water partition coefficient (Wildman–Crippen LogP) is 14.8. The Balaban J connectivity index is 0.000000162. The van der Waals surface area contributed by atoms with E-state index in [0.29, 0.717) is 94.1 Å². The van der Waals surface area contributed by atoms with Crippen molar-refractivity contribution in [3.8, 4) is 0 Å². The monoisotopic (exact) mass is 1960 g/mol. The Hall–Kier alpha value is -6.48. The van der Waals surface area contributed by atoms with Gasteiger partial charge in [0.1, 0.15) is 68.0 Å². The number of carbonyl (C=O) groups is 4. The number of aromatic nitrogens is 4. The summed E-state index contributed by atoms with van der Waals surface area (Å²) in [6.07, 6.45) is 2.38. The molecule has 0 fully saturated rings. The van der Waals surface area contributed by atoms with Crippen LogP contribution in [0.15, 0.2) is 122 Å². The van der Waals surface area contributed by atoms with E-state index in [1.807, 2.05) is 109 Å². The molecule has 0 bridgehead atoms. The van der Waals surface area contributed by atoms with Gasteiger partial charge in [-0.15, -0.1) is 45.3 Å². The lowest BCUT2D eigenvalue weighted by molar-refractivity contribution is -0.0295. The molecule has 550 valence electrons. The van der Waals surface area contributed by atoms with Crippen molar-refractivity contribution in [2.24, 2.45) is 0 Å². The molecule has 0 saturated carbocycles. The number of carbonyl (C=O) groups excluding carboxylic acids is 4. The van der Waals surface area contributed by atoms with E-state index in [1.54, 1.807) is 67.8 Å². The highest BCUT2D eigenvalue weighted by Crippen LogP contribution is 2.38. The lowest BCUT2D eigenvalue weighted by Crippen LogP contribution is -2.30. The second-order valence-electron chi connectivity index (χ2n) is 23.1. The minimum Gasteiger partial charge on any atom is -0.394 e. The average Bonchev–Trinajstić information content (AvgIpc) is 1.65. The molecule has 2 atom stereocenters. The number of pyridine rings is 4. The van der Waals surface area contributed by atoms with Crippen LogP contribution in [-0.2, 0) is 45.0 Å². The molecule has 12 aromatic rings. The van der Waals surface area contributed by atoms with Gasteiger partial charge in [-0.3, -0.25) is 38.5 Å². The van der Waals surface area contributed by atoms with Gasteiger partial charge in [0.2, 0.25) is 0 Å². The van der Waals surface area contributed by atoms with Gasteiger partial charge in [-0.25, -0.2) is 59.4 Å². The SMILES string of the molecule is CCONC(=O)c1c(Cc2ccc(I)cc2F)sc2nccc(C)c12.CONC(=O)c1c(Cc2ccc(I)cc2F)sc2nccc(C)c12.Cc1ccc2c(C(=O)NOC[C@@H](O)CO)c(Cc3ccc(I)cc3F)sc2n1.Cc1ccc2c(C(=O)NOC[C@H](O)CO)c(Cc3ccc(I)cc3F)sc2n1. The van der Waals surface area contributed by atoms with Crippen molar-refractivity contribution >= 4 is 200 Å². The Bertz CT molecular complexity index is 4990. The van der Waals surface area contributed by atoms with Crippen molar-refractivity contribution in [1.29, 1.82) is 0 Å². The zero-order chi connectivity index (χ0) is 75.8. The molecule has 0 unspecified atom stereocenters. The van der Waals surface area contributed by atoms with E-state index < -0.39 is 37.2 Å². The molecule has 8 heterocycles. The molecule has 0 spiro atoms. The number of hydroxylamine groups is 4. The third kappa shape index (κ3) is 21.7. The minimum atomic E-state index is -1.09. The van der Waals surface area contributed by atoms with Crippen molar-refractivity contribution in [3.63, 3.8) is 0 Å². The number of nitrogens with zero attached hydrogens (tertiary/aromatic N) is 4. The molecule has 0 aliphatic carbocycles. The van der Waals surface area contributed by atoms with E-state index in [-0.39, 0.29) is 61.1 Å². The maximum atomic E-state index is 14.3. The highest BCUT2D eigenvalue weighted by molar-refractivity contribution is 14.1. The fourth-order valence-electron chi connectivity index (χ4n) is 10.5. The molecular formula is C73H66F4I4N8O12S4. The highest BCUT2D eigenvalue weighted by atomic mass is 127. The number of rotatable bonds is 23. The van der Waals surface area contributed by atoms with Gasteiger partial charge in [0.05, 0.1) is 49.2 Å². The lowest BCUT2D eigenvalue weighted by Gasteiger charge is -2.10. The molecule has 20 nitrogen and oxygen atoms in total. The molecule has 0 aliphatic rings. The van der Waals surface area contributed by atoms with Gasteiger partial charge in [0.25, 0.3) is 23.6 Å². The van der Waals surface area contributed by atoms with Gasteiger partial charge in [-0.2, -0.15) is 0 Å². The number of benzene rings is 4. The third-order valence-corrected chi connectivity index (χ3v) is 22.5. The molecule has 0 aliphatic heterocycles. The molecule has 4 aromatic carbocycles. The fourth-order valence-corrected chi connectivity index (χ4v) is 17.2. The Morgan fingerprint density at radius 1 is 0.448 bits per heavy atom. The summed E-state index contributed by atoms with van der Waals surface area (Å²) in [6, 6.07) is 31.1. The van der Waals surface area contributed by atoms with Crippen LogP contribution in [-0.4, -0.2) is 116 Å². The molecule has 32 heteroatoms. The standard InChI is InChI=1S/2C19H18FIN2O4S.C18H16FIN2O2S.C17H14FIN2O2S/c2*1-10-2-5-14-17(18(26)23-27-9-13(25)8-24)16(28-19(14)22-10)6-11-3-4-12(21)7-15(11)20;1-3-24-22-17(23)16-14(8-11-4-5-12(20)9-13(11)19)25-18-15(16)10(2)6-7-21-18;1-9-5-6-20-17-14(9)15(16(22)21-23-2)13(24-17)7-10-3-4-11(19)8-12(10)18/h2*2-5,7,13,24-25H,6,8-9H2,1H3,(H,23,26);4-7,9H,3,8H2,1-2H3,(H,22,23);3-6,8H,7H2,1-2H3,(H,21,22)/t2*13-;;/m10../s1. The molecule has 105 heavy (non-hydrogen) atoms. The van der Waals surface area contributed by atoms with Gasteiger partial charge in [0.15, 0.2) is 0 Å². The summed E-state index contributed by atoms with van der Waals surface area (Å²) >= 11 is 13.7. The first kappa shape index (κ1) is 82.6. The zero-order valence-corrected chi connectivity index (χ0v) is 68.5. The van der Waals surface area contributed by atoms with Crippen LogP contribution in [0.3, 0.4) is 0 Å². The maximum Gasteiger partial charge on any atom is 0.276 e. The van der Waals surface area contributed by atoms with E-state index in [9.17, 15) is 47.0 Å². The van der Waals surface area contributed by atoms with Gasteiger partial charge in [0, 0.05) is 105 Å². The van der Waals surface area contributed by atoms with E-state index in [0.717, 1.165) is 67.0 Å². The van der Waals surface area contributed by atoms with Gasteiger partial charge in [-0.05, 0) is 243 Å². The first-order chi connectivity index (χ1) is 50.3. The Labute approximate surface area is 670 Å². The van der Waals surface area contributed by atoms with Crippen LogP contribution in [0.1, 0.15) is 113 Å². The maximum absolute atomic E-state index is 14.3. The second kappa shape index (κ2) is 39.1. The minimum absolute atomic E-state index is 0.241. The summed E-state index contributed by atoms with van der Waals surface area (Å²) in [5.41, 5.74) is 16.7. The molecule has 8 aromatic heterocycles. The van der Waals surface area contributed by atoms with Gasteiger partial charge < -0.3 is 20.4 Å². The topological polar surface area (TPSA) is 286 Å². The third-order valence-electron chi connectivity index (χ3n) is 15.5. The number of hydrogen-bond donors (Lipinski definition) is 8. The van der Waals surface area contributed by atoms with Gasteiger partial charge >= 0.3 is 0 Å². The van der Waals surface area contributed by atoms with E-state index >= 15 is 0 Å². The van der Waals surface area contributed by atoms with Crippen molar-refractivity contribution in [2.45, 2.75) is 72.5 Å². The Kier molecular flexibility index (Phi) is 30.7. The zero-order valence-electron chi connectivity index (χ0n) is 56.6. The summed E-state index contributed by atoms with van der Waals surface area (Å²) in [5, 5.41) is 39.2. The molecule has 12 rings (SSSR count). The van der Waals surface area contributed by atoms with E-state index in [2.05, 4.69) is 87.0 Å². The summed E-state index contributed by atoms with van der Waals surface area (Å²) < 4.78 is 60.4. The van der Waals surface area contributed by atoms with Crippen LogP contribution >= 0.6 is 136 Å². The van der Waals surface area contributed by atoms with E-state index in [4.69, 9.17) is 29.6 Å². The summed E-state index contributed by atoms with van der Waals surface area (Å²) in [6.45, 7) is 8.29. The number of aryl methyl sites for hydroxylation is 4. The number of thiophene rings is 4. The van der Waals surface area contributed by atoms with Crippen LogP contribution in [0, 0.1) is 65.2 Å². The summed E-state index contributed by atoms with van der Waals surface area (Å²) in [4.78, 5) is 93.8. The molecule has 0 radical (unpaired) electrons. The van der Waals surface area contributed by atoms with Crippen molar-refractivity contribution < 1.29 is 76.5 Å². The highest BCUT2D eigenvalue weighted by Gasteiger charge is 2.27. The molecule has 8 N–H and O–H groups in total. The number of hydrogen-bond acceptors (Lipinski definition) is 20. The van der Waals surface area contributed by atoms with Crippen LogP contribution in [0.4, 0.5) is 17.6 Å².